The van der Waals surface area contributed by atoms with E-state index in [1.54, 1.807) is 0 Å². The standard InChI is InChI=1S/C19H26N4OS.HI/c1-3-14-8-5-9-15(4-2)17(14)23-19(20)22-12-7-11-21-18(24)16-10-6-13-25-16;/h5-6,8-10,13H,3-4,7,11-12H2,1-2H3,(H,21,24)(H3,20,22,23);1H. The molecule has 0 aliphatic carbocycles. The Morgan fingerprint density at radius 3 is 2.42 bits per heavy atom. The second-order valence-corrected chi connectivity index (χ2v) is 6.58. The van der Waals surface area contributed by atoms with Gasteiger partial charge in [0.1, 0.15) is 0 Å². The van der Waals surface area contributed by atoms with Gasteiger partial charge in [-0.2, -0.15) is 0 Å². The minimum Gasteiger partial charge on any atom is -0.370 e. The minimum atomic E-state index is -0.0328. The third-order valence-electron chi connectivity index (χ3n) is 3.90. The summed E-state index contributed by atoms with van der Waals surface area (Å²) in [6.45, 7) is 5.41. The molecule has 0 bridgehead atoms. The normalized spacial score (nSPS) is 10.9. The fourth-order valence-corrected chi connectivity index (χ4v) is 3.19. The van der Waals surface area contributed by atoms with Gasteiger partial charge in [-0.3, -0.25) is 9.79 Å². The smallest absolute Gasteiger partial charge is 0.261 e. The van der Waals surface area contributed by atoms with Gasteiger partial charge < -0.3 is 16.4 Å². The summed E-state index contributed by atoms with van der Waals surface area (Å²) in [5.74, 6) is 0.384. The van der Waals surface area contributed by atoms with Crippen LogP contribution < -0.4 is 16.4 Å². The summed E-state index contributed by atoms with van der Waals surface area (Å²) in [6.07, 6.45) is 2.63. The summed E-state index contributed by atoms with van der Waals surface area (Å²) in [5, 5.41) is 8.02. The number of benzene rings is 1. The second-order valence-electron chi connectivity index (χ2n) is 5.64. The number of halogens is 1. The molecule has 26 heavy (non-hydrogen) atoms. The first-order valence-corrected chi connectivity index (χ1v) is 9.53. The molecule has 1 aromatic carbocycles. The van der Waals surface area contributed by atoms with Crippen molar-refractivity contribution >= 4 is 52.9 Å². The molecule has 1 amide bonds. The number of anilines is 1. The number of thiophene rings is 1. The zero-order valence-corrected chi connectivity index (χ0v) is 18.4. The monoisotopic (exact) mass is 486 g/mol. The zero-order chi connectivity index (χ0) is 18.1. The number of aliphatic imine (C=N–C) groups is 1. The van der Waals surface area contributed by atoms with Crippen molar-refractivity contribution in [1.82, 2.24) is 5.32 Å². The molecule has 0 saturated heterocycles. The molecule has 1 heterocycles. The van der Waals surface area contributed by atoms with E-state index in [-0.39, 0.29) is 29.9 Å². The van der Waals surface area contributed by atoms with E-state index in [0.717, 1.165) is 29.8 Å². The van der Waals surface area contributed by atoms with E-state index in [4.69, 9.17) is 5.73 Å². The fraction of sp³-hybridized carbons (Fsp3) is 0.368. The fourth-order valence-electron chi connectivity index (χ4n) is 2.55. The van der Waals surface area contributed by atoms with Crippen LogP contribution in [0.2, 0.25) is 0 Å². The summed E-state index contributed by atoms with van der Waals surface area (Å²) in [4.78, 5) is 16.9. The van der Waals surface area contributed by atoms with Crippen LogP contribution in [-0.4, -0.2) is 25.0 Å². The second kappa shape index (κ2) is 11.9. The predicted molar refractivity (Wildman–Crippen MR) is 122 cm³/mol. The van der Waals surface area contributed by atoms with Crippen molar-refractivity contribution in [2.24, 2.45) is 10.7 Å². The van der Waals surface area contributed by atoms with Crippen LogP contribution in [0.1, 0.15) is 41.1 Å². The molecule has 2 aromatic rings. The highest BCUT2D eigenvalue weighted by Gasteiger charge is 2.07. The molecule has 0 atom stereocenters. The number of nitrogens with two attached hydrogens (primary N) is 1. The van der Waals surface area contributed by atoms with Crippen molar-refractivity contribution in [3.63, 3.8) is 0 Å². The van der Waals surface area contributed by atoms with E-state index in [9.17, 15) is 4.79 Å². The lowest BCUT2D eigenvalue weighted by Gasteiger charge is -2.14. The van der Waals surface area contributed by atoms with Gasteiger partial charge in [-0.1, -0.05) is 38.1 Å². The van der Waals surface area contributed by atoms with Crippen molar-refractivity contribution < 1.29 is 4.79 Å². The topological polar surface area (TPSA) is 79.5 Å². The first-order valence-electron chi connectivity index (χ1n) is 8.65. The summed E-state index contributed by atoms with van der Waals surface area (Å²) in [6, 6.07) is 9.97. The molecule has 0 aliphatic rings. The molecule has 142 valence electrons. The van der Waals surface area contributed by atoms with Crippen LogP contribution in [-0.2, 0) is 12.8 Å². The van der Waals surface area contributed by atoms with Gasteiger partial charge >= 0.3 is 0 Å². The average molecular weight is 486 g/mol. The molecule has 0 unspecified atom stereocenters. The van der Waals surface area contributed by atoms with E-state index < -0.39 is 0 Å². The zero-order valence-electron chi connectivity index (χ0n) is 15.2. The van der Waals surface area contributed by atoms with Gasteiger partial charge in [0.2, 0.25) is 0 Å². The molecule has 0 fully saturated rings. The van der Waals surface area contributed by atoms with Crippen LogP contribution in [0.15, 0.2) is 40.7 Å². The van der Waals surface area contributed by atoms with Crippen LogP contribution in [0.5, 0.6) is 0 Å². The van der Waals surface area contributed by atoms with Gasteiger partial charge in [-0.25, -0.2) is 0 Å². The number of hydrogen-bond donors (Lipinski definition) is 3. The average Bonchev–Trinajstić information content (AvgIpc) is 3.16. The number of rotatable bonds is 8. The maximum absolute atomic E-state index is 11.8. The van der Waals surface area contributed by atoms with Crippen molar-refractivity contribution in [3.8, 4) is 0 Å². The largest absolute Gasteiger partial charge is 0.370 e. The number of amides is 1. The van der Waals surface area contributed by atoms with Crippen molar-refractivity contribution in [1.29, 1.82) is 0 Å². The summed E-state index contributed by atoms with van der Waals surface area (Å²) in [5.41, 5.74) is 9.57. The molecule has 0 spiro atoms. The van der Waals surface area contributed by atoms with E-state index in [1.807, 2.05) is 17.5 Å². The Kier molecular flexibility index (Phi) is 10.3. The number of carbonyl (C=O) groups excluding carboxylic acids is 1. The highest BCUT2D eigenvalue weighted by Crippen LogP contribution is 2.22. The van der Waals surface area contributed by atoms with Crippen LogP contribution in [0, 0.1) is 0 Å². The van der Waals surface area contributed by atoms with Gasteiger partial charge in [0.25, 0.3) is 5.91 Å². The summed E-state index contributed by atoms with van der Waals surface area (Å²) in [7, 11) is 0. The molecule has 1 aromatic heterocycles. The molecule has 0 radical (unpaired) electrons. The Morgan fingerprint density at radius 1 is 1.15 bits per heavy atom. The third-order valence-corrected chi connectivity index (χ3v) is 4.77. The van der Waals surface area contributed by atoms with Crippen molar-refractivity contribution in [2.45, 2.75) is 33.1 Å². The van der Waals surface area contributed by atoms with E-state index >= 15 is 0 Å². The Balaban J connectivity index is 0.00000338. The molecule has 5 nitrogen and oxygen atoms in total. The third kappa shape index (κ3) is 6.60. The van der Waals surface area contributed by atoms with Gasteiger partial charge in [-0.15, -0.1) is 35.3 Å². The van der Waals surface area contributed by atoms with E-state index in [1.165, 1.54) is 22.5 Å². The van der Waals surface area contributed by atoms with Crippen LogP contribution in [0.25, 0.3) is 0 Å². The Morgan fingerprint density at radius 2 is 1.85 bits per heavy atom. The lowest BCUT2D eigenvalue weighted by molar-refractivity contribution is 0.0957. The highest BCUT2D eigenvalue weighted by molar-refractivity contribution is 14.0. The van der Waals surface area contributed by atoms with Crippen LogP contribution in [0.4, 0.5) is 5.69 Å². The first-order chi connectivity index (χ1) is 12.2. The van der Waals surface area contributed by atoms with Gasteiger partial charge in [-0.05, 0) is 41.8 Å². The minimum absolute atomic E-state index is 0. The van der Waals surface area contributed by atoms with Crippen molar-refractivity contribution in [3.05, 3.63) is 51.7 Å². The molecule has 2 rings (SSSR count). The molecular formula is C19H27IN4OS. The molecule has 0 aliphatic heterocycles. The number of aryl methyl sites for hydroxylation is 2. The Bertz CT molecular complexity index is 694. The van der Waals surface area contributed by atoms with Crippen LogP contribution >= 0.6 is 35.3 Å². The SMILES string of the molecule is CCc1cccc(CC)c1NC(N)=NCCCNC(=O)c1cccs1.I. The highest BCUT2D eigenvalue weighted by atomic mass is 127. The van der Waals surface area contributed by atoms with Gasteiger partial charge in [0, 0.05) is 18.8 Å². The summed E-state index contributed by atoms with van der Waals surface area (Å²) >= 11 is 1.44. The lowest BCUT2D eigenvalue weighted by Crippen LogP contribution is -2.26. The molecule has 0 saturated carbocycles. The molecular weight excluding hydrogens is 459 g/mol. The van der Waals surface area contributed by atoms with E-state index in [2.05, 4.69) is 47.7 Å². The summed E-state index contributed by atoms with van der Waals surface area (Å²) < 4.78 is 0. The predicted octanol–water partition coefficient (Wildman–Crippen LogP) is 4.04. The first kappa shape index (κ1) is 22.4. The number of para-hydroxylation sites is 1. The number of hydrogen-bond acceptors (Lipinski definition) is 3. The van der Waals surface area contributed by atoms with E-state index in [0.29, 0.717) is 19.0 Å². The van der Waals surface area contributed by atoms with Crippen LogP contribution in [0.3, 0.4) is 0 Å². The maximum atomic E-state index is 11.8. The van der Waals surface area contributed by atoms with Crippen molar-refractivity contribution in [2.75, 3.05) is 18.4 Å². The van der Waals surface area contributed by atoms with Gasteiger partial charge in [0.05, 0.1) is 4.88 Å². The number of nitrogens with zero attached hydrogens (tertiary/aromatic N) is 1. The van der Waals surface area contributed by atoms with Gasteiger partial charge in [0.15, 0.2) is 5.96 Å². The Labute approximate surface area is 176 Å². The molecule has 7 heteroatoms. The number of carbonyl (C=O) groups is 1. The maximum Gasteiger partial charge on any atom is 0.261 e. The molecule has 4 N–H and O–H groups in total. The number of nitrogens with one attached hydrogen (secondary N) is 2. The Hall–Kier alpha value is -1.61. The quantitative estimate of drug-likeness (QED) is 0.228. The lowest BCUT2D eigenvalue weighted by atomic mass is 10.0. The number of guanidine groups is 1.